The summed E-state index contributed by atoms with van der Waals surface area (Å²) in [5.41, 5.74) is 1.91. The number of hydrogen-bond acceptors (Lipinski definition) is 2. The third kappa shape index (κ3) is 1.69. The van der Waals surface area contributed by atoms with Gasteiger partial charge in [-0.2, -0.15) is 5.10 Å². The third-order valence-electron chi connectivity index (χ3n) is 3.07. The smallest absolute Gasteiger partial charge is 0.339 e. The molecule has 2 heterocycles. The highest BCUT2D eigenvalue weighted by Gasteiger charge is 2.19. The fourth-order valence-electron chi connectivity index (χ4n) is 2.21. The molecule has 1 aromatic carbocycles. The molecule has 0 aliphatic carbocycles. The number of rotatable bonds is 2. The van der Waals surface area contributed by atoms with Gasteiger partial charge in [-0.05, 0) is 18.2 Å². The van der Waals surface area contributed by atoms with Crippen molar-refractivity contribution in [1.29, 1.82) is 0 Å². The van der Waals surface area contributed by atoms with Crippen LogP contribution in [-0.4, -0.2) is 25.8 Å². The maximum atomic E-state index is 13.1. The second-order valence-electron chi connectivity index (χ2n) is 4.23. The van der Waals surface area contributed by atoms with E-state index in [2.05, 4.69) is 10.1 Å². The van der Waals surface area contributed by atoms with Crippen LogP contribution in [0.1, 0.15) is 10.4 Å². The Hall–Kier alpha value is -2.63. The predicted octanol–water partition coefficient (Wildman–Crippen LogP) is 2.41. The predicted molar refractivity (Wildman–Crippen MR) is 67.4 cm³/mol. The highest BCUT2D eigenvalue weighted by molar-refractivity contribution is 6.02. The Morgan fingerprint density at radius 2 is 2.26 bits per heavy atom. The molecule has 0 unspecified atom stereocenters. The van der Waals surface area contributed by atoms with E-state index >= 15 is 0 Å². The number of aromatic nitrogens is 3. The Bertz CT molecular complexity index is 788. The van der Waals surface area contributed by atoms with Crippen LogP contribution in [0.4, 0.5) is 4.39 Å². The number of carboxylic acid groups (broad SMARTS) is 1. The summed E-state index contributed by atoms with van der Waals surface area (Å²) in [7, 11) is 1.67. The van der Waals surface area contributed by atoms with E-state index in [1.54, 1.807) is 19.3 Å². The normalized spacial score (nSPS) is 11.1. The first-order chi connectivity index (χ1) is 9.08. The van der Waals surface area contributed by atoms with Gasteiger partial charge >= 0.3 is 5.97 Å². The van der Waals surface area contributed by atoms with Crippen molar-refractivity contribution in [2.75, 3.05) is 0 Å². The Labute approximate surface area is 107 Å². The Balaban J connectivity index is 2.31. The first kappa shape index (κ1) is 11.5. The molecule has 0 amide bonds. The van der Waals surface area contributed by atoms with E-state index in [1.165, 1.54) is 23.0 Å². The zero-order valence-corrected chi connectivity index (χ0v) is 10.0. The summed E-state index contributed by atoms with van der Waals surface area (Å²) in [5.74, 6) is -1.39. The molecule has 96 valence electrons. The van der Waals surface area contributed by atoms with Crippen LogP contribution in [0.2, 0.25) is 0 Å². The highest BCUT2D eigenvalue weighted by atomic mass is 19.1. The summed E-state index contributed by atoms with van der Waals surface area (Å²) in [6.07, 6.45) is 2.97. The Kier molecular flexibility index (Phi) is 2.38. The number of nitrogens with zero attached hydrogens (tertiary/aromatic N) is 2. The number of fused-ring (bicyclic) bond motifs is 1. The molecule has 3 aromatic rings. The average molecular weight is 259 g/mol. The first-order valence-corrected chi connectivity index (χ1v) is 5.60. The maximum absolute atomic E-state index is 13.1. The number of benzene rings is 1. The van der Waals surface area contributed by atoms with Gasteiger partial charge in [0.2, 0.25) is 0 Å². The van der Waals surface area contributed by atoms with Crippen LogP contribution in [0.25, 0.3) is 22.2 Å². The van der Waals surface area contributed by atoms with E-state index in [0.717, 1.165) is 5.39 Å². The van der Waals surface area contributed by atoms with Crippen molar-refractivity contribution >= 4 is 16.9 Å². The molecule has 5 nitrogen and oxygen atoms in total. The molecule has 0 saturated heterocycles. The molecule has 0 atom stereocenters. The number of aryl methyl sites for hydroxylation is 1. The average Bonchev–Trinajstić information content (AvgIpc) is 2.91. The number of aromatic carboxylic acids is 1. The topological polar surface area (TPSA) is 70.9 Å². The van der Waals surface area contributed by atoms with Gasteiger partial charge in [-0.1, -0.05) is 0 Å². The second-order valence-corrected chi connectivity index (χ2v) is 4.23. The van der Waals surface area contributed by atoms with E-state index in [0.29, 0.717) is 16.8 Å². The lowest BCUT2D eigenvalue weighted by molar-refractivity contribution is 0.0697. The zero-order valence-electron chi connectivity index (χ0n) is 10.0. The van der Waals surface area contributed by atoms with E-state index in [9.17, 15) is 14.3 Å². The SMILES string of the molecule is Cn1ncc(C(=O)O)c1-c1c[nH]c2cc(F)ccc12. The molecule has 0 spiro atoms. The lowest BCUT2D eigenvalue weighted by Gasteiger charge is -2.02. The van der Waals surface area contributed by atoms with Crippen LogP contribution in [0, 0.1) is 5.82 Å². The van der Waals surface area contributed by atoms with Crippen LogP contribution < -0.4 is 0 Å². The van der Waals surface area contributed by atoms with E-state index in [1.807, 2.05) is 0 Å². The minimum atomic E-state index is -1.04. The van der Waals surface area contributed by atoms with Crippen molar-refractivity contribution in [3.05, 3.63) is 42.0 Å². The summed E-state index contributed by atoms with van der Waals surface area (Å²) in [6, 6.07) is 4.33. The van der Waals surface area contributed by atoms with Crippen LogP contribution >= 0.6 is 0 Å². The largest absolute Gasteiger partial charge is 0.478 e. The number of carboxylic acids is 1. The van der Waals surface area contributed by atoms with E-state index in [4.69, 9.17) is 0 Å². The first-order valence-electron chi connectivity index (χ1n) is 5.60. The number of halogens is 1. The molecule has 6 heteroatoms. The van der Waals surface area contributed by atoms with Crippen molar-refractivity contribution in [2.24, 2.45) is 7.05 Å². The fraction of sp³-hybridized carbons (Fsp3) is 0.0769. The highest BCUT2D eigenvalue weighted by Crippen LogP contribution is 2.31. The van der Waals surface area contributed by atoms with E-state index in [-0.39, 0.29) is 11.4 Å². The molecule has 0 fully saturated rings. The summed E-state index contributed by atoms with van der Waals surface area (Å²) in [5, 5.41) is 13.9. The molecule has 0 aliphatic rings. The zero-order chi connectivity index (χ0) is 13.6. The van der Waals surface area contributed by atoms with Gasteiger partial charge in [-0.3, -0.25) is 4.68 Å². The van der Waals surface area contributed by atoms with Gasteiger partial charge in [0.25, 0.3) is 0 Å². The molecule has 2 N–H and O–H groups in total. The van der Waals surface area contributed by atoms with Crippen molar-refractivity contribution in [1.82, 2.24) is 14.8 Å². The van der Waals surface area contributed by atoms with Crippen molar-refractivity contribution < 1.29 is 14.3 Å². The third-order valence-corrected chi connectivity index (χ3v) is 3.07. The molecular formula is C13H10FN3O2. The van der Waals surface area contributed by atoms with Gasteiger partial charge in [0.05, 0.1) is 11.9 Å². The summed E-state index contributed by atoms with van der Waals surface area (Å²) in [4.78, 5) is 14.1. The summed E-state index contributed by atoms with van der Waals surface area (Å²) in [6.45, 7) is 0. The number of H-pyrrole nitrogens is 1. The standard InChI is InChI=1S/C13H10FN3O2/c1-17-12(10(6-16-17)13(18)19)9-5-15-11-4-7(14)2-3-8(9)11/h2-6,15H,1H3,(H,18,19). The summed E-state index contributed by atoms with van der Waals surface area (Å²) < 4.78 is 14.6. The van der Waals surface area contributed by atoms with Gasteiger partial charge in [0, 0.05) is 29.7 Å². The van der Waals surface area contributed by atoms with Gasteiger partial charge in [-0.25, -0.2) is 9.18 Å². The monoisotopic (exact) mass is 259 g/mol. The Morgan fingerprint density at radius 3 is 3.00 bits per heavy atom. The molecule has 2 aromatic heterocycles. The lowest BCUT2D eigenvalue weighted by atomic mass is 10.1. The van der Waals surface area contributed by atoms with Gasteiger partial charge in [0.15, 0.2) is 0 Å². The van der Waals surface area contributed by atoms with Crippen LogP contribution in [-0.2, 0) is 7.05 Å². The van der Waals surface area contributed by atoms with Crippen molar-refractivity contribution in [3.63, 3.8) is 0 Å². The van der Waals surface area contributed by atoms with Crippen LogP contribution in [0.3, 0.4) is 0 Å². The molecule has 0 radical (unpaired) electrons. The molecule has 0 saturated carbocycles. The maximum Gasteiger partial charge on any atom is 0.339 e. The molecular weight excluding hydrogens is 249 g/mol. The van der Waals surface area contributed by atoms with Crippen LogP contribution in [0.5, 0.6) is 0 Å². The van der Waals surface area contributed by atoms with Crippen molar-refractivity contribution in [3.8, 4) is 11.3 Å². The molecule has 0 aliphatic heterocycles. The van der Waals surface area contributed by atoms with Gasteiger partial charge in [0.1, 0.15) is 11.4 Å². The molecule has 0 bridgehead atoms. The Morgan fingerprint density at radius 1 is 1.47 bits per heavy atom. The second kappa shape index (κ2) is 3.94. The number of carbonyl (C=O) groups is 1. The van der Waals surface area contributed by atoms with E-state index < -0.39 is 5.97 Å². The fourth-order valence-corrected chi connectivity index (χ4v) is 2.21. The lowest BCUT2D eigenvalue weighted by Crippen LogP contribution is -2.00. The van der Waals surface area contributed by atoms with Crippen LogP contribution in [0.15, 0.2) is 30.6 Å². The van der Waals surface area contributed by atoms with Gasteiger partial charge in [-0.15, -0.1) is 0 Å². The quantitative estimate of drug-likeness (QED) is 0.742. The molecule has 19 heavy (non-hydrogen) atoms. The summed E-state index contributed by atoms with van der Waals surface area (Å²) >= 11 is 0. The number of aromatic amines is 1. The number of hydrogen-bond donors (Lipinski definition) is 2. The minimum absolute atomic E-state index is 0.118. The van der Waals surface area contributed by atoms with Crippen molar-refractivity contribution in [2.45, 2.75) is 0 Å². The number of nitrogens with one attached hydrogen (secondary N) is 1. The van der Waals surface area contributed by atoms with Gasteiger partial charge < -0.3 is 10.1 Å². The molecule has 3 rings (SSSR count). The minimum Gasteiger partial charge on any atom is -0.478 e.